The Kier molecular flexibility index (Phi) is 3.74. The van der Waals surface area contributed by atoms with Crippen LogP contribution in [0.5, 0.6) is 0 Å². The van der Waals surface area contributed by atoms with E-state index in [1.807, 2.05) is 36.0 Å². The summed E-state index contributed by atoms with van der Waals surface area (Å²) in [4.78, 5) is 10.6. The van der Waals surface area contributed by atoms with Gasteiger partial charge in [0.05, 0.1) is 11.5 Å². The van der Waals surface area contributed by atoms with Crippen LogP contribution in [0.15, 0.2) is 42.6 Å². The lowest BCUT2D eigenvalue weighted by Gasteiger charge is -2.09. The second-order valence-electron chi connectivity index (χ2n) is 4.04. The van der Waals surface area contributed by atoms with Crippen LogP contribution in [0, 0.1) is 10.1 Å². The Labute approximate surface area is 105 Å². The lowest BCUT2D eigenvalue weighted by atomic mass is 10.2. The Morgan fingerprint density at radius 2 is 2.06 bits per heavy atom. The molecule has 0 aliphatic rings. The van der Waals surface area contributed by atoms with Gasteiger partial charge in [0.15, 0.2) is 0 Å². The second-order valence-corrected chi connectivity index (χ2v) is 4.04. The van der Waals surface area contributed by atoms with Gasteiger partial charge in [0, 0.05) is 30.1 Å². The van der Waals surface area contributed by atoms with E-state index in [0.717, 1.165) is 17.8 Å². The predicted octanol–water partition coefficient (Wildman–Crippen LogP) is 2.16. The van der Waals surface area contributed by atoms with E-state index < -0.39 is 0 Å². The third kappa shape index (κ3) is 2.57. The van der Waals surface area contributed by atoms with E-state index in [2.05, 4.69) is 5.32 Å². The van der Waals surface area contributed by atoms with Gasteiger partial charge in [-0.1, -0.05) is 18.2 Å². The van der Waals surface area contributed by atoms with E-state index in [1.54, 1.807) is 12.1 Å². The van der Waals surface area contributed by atoms with Crippen molar-refractivity contribution in [2.24, 2.45) is 0 Å². The summed E-state index contributed by atoms with van der Waals surface area (Å²) in [7, 11) is 1.88. The highest BCUT2D eigenvalue weighted by molar-refractivity contribution is 5.40. The Balaban J connectivity index is 2.28. The van der Waals surface area contributed by atoms with E-state index in [0.29, 0.717) is 6.54 Å². The molecule has 0 saturated heterocycles. The first-order valence-corrected chi connectivity index (χ1v) is 5.73. The van der Waals surface area contributed by atoms with Crippen molar-refractivity contribution in [2.75, 3.05) is 7.05 Å². The zero-order valence-corrected chi connectivity index (χ0v) is 10.2. The molecular formula is C13H15N3O2. The number of hydrogen-bond acceptors (Lipinski definition) is 3. The van der Waals surface area contributed by atoms with E-state index >= 15 is 0 Å². The Bertz CT molecular complexity index is 549. The third-order valence-electron chi connectivity index (χ3n) is 2.81. The highest BCUT2D eigenvalue weighted by Gasteiger charge is 2.13. The van der Waals surface area contributed by atoms with Crippen molar-refractivity contribution in [3.8, 4) is 0 Å². The van der Waals surface area contributed by atoms with Crippen LogP contribution in [0.25, 0.3) is 0 Å². The Morgan fingerprint density at radius 3 is 2.78 bits per heavy atom. The molecule has 0 saturated carbocycles. The number of aromatic nitrogens is 1. The molecule has 2 rings (SSSR count). The minimum absolute atomic E-state index is 0.168. The van der Waals surface area contributed by atoms with Crippen LogP contribution in [0.4, 0.5) is 5.69 Å². The van der Waals surface area contributed by atoms with Gasteiger partial charge in [0.2, 0.25) is 0 Å². The minimum Gasteiger partial charge on any atom is -0.346 e. The number of nitrogens with zero attached hydrogens (tertiary/aromatic N) is 2. The molecule has 1 N–H and O–H groups in total. The fourth-order valence-electron chi connectivity index (χ4n) is 1.95. The molecule has 0 bridgehead atoms. The first kappa shape index (κ1) is 12.3. The number of nitrogens with one attached hydrogen (secondary N) is 1. The van der Waals surface area contributed by atoms with Crippen LogP contribution in [0.3, 0.4) is 0 Å². The van der Waals surface area contributed by atoms with Crippen LogP contribution in [-0.4, -0.2) is 16.5 Å². The average molecular weight is 245 g/mol. The molecule has 94 valence electrons. The zero-order valence-electron chi connectivity index (χ0n) is 10.2. The highest BCUT2D eigenvalue weighted by Crippen LogP contribution is 2.19. The first-order chi connectivity index (χ1) is 8.72. The smallest absolute Gasteiger partial charge is 0.274 e. The van der Waals surface area contributed by atoms with Crippen molar-refractivity contribution >= 4 is 5.69 Å². The molecular weight excluding hydrogens is 230 g/mol. The summed E-state index contributed by atoms with van der Waals surface area (Å²) in [5, 5.41) is 14.0. The average Bonchev–Trinajstić information content (AvgIpc) is 2.78. The summed E-state index contributed by atoms with van der Waals surface area (Å²) in [5.41, 5.74) is 1.99. The van der Waals surface area contributed by atoms with Crippen molar-refractivity contribution in [3.63, 3.8) is 0 Å². The van der Waals surface area contributed by atoms with Gasteiger partial charge in [-0.2, -0.15) is 0 Å². The summed E-state index contributed by atoms with van der Waals surface area (Å²) in [6.07, 6.45) is 1.93. The van der Waals surface area contributed by atoms with Gasteiger partial charge in [-0.15, -0.1) is 0 Å². The molecule has 0 unspecified atom stereocenters. The topological polar surface area (TPSA) is 60.1 Å². The maximum atomic E-state index is 10.9. The largest absolute Gasteiger partial charge is 0.346 e. The molecule has 0 fully saturated rings. The fraction of sp³-hybridized carbons (Fsp3) is 0.231. The Hall–Kier alpha value is -2.14. The van der Waals surface area contributed by atoms with Crippen molar-refractivity contribution in [2.45, 2.75) is 13.1 Å². The molecule has 0 aliphatic carbocycles. The number of hydrogen-bond donors (Lipinski definition) is 1. The first-order valence-electron chi connectivity index (χ1n) is 5.73. The third-order valence-corrected chi connectivity index (χ3v) is 2.81. The number of rotatable bonds is 5. The molecule has 18 heavy (non-hydrogen) atoms. The molecule has 1 heterocycles. The van der Waals surface area contributed by atoms with Gasteiger partial charge in [-0.05, 0) is 19.2 Å². The molecule has 5 nitrogen and oxygen atoms in total. The summed E-state index contributed by atoms with van der Waals surface area (Å²) in [6.45, 7) is 1.26. The van der Waals surface area contributed by atoms with Gasteiger partial charge < -0.3 is 9.88 Å². The predicted molar refractivity (Wildman–Crippen MR) is 69.4 cm³/mol. The van der Waals surface area contributed by atoms with Crippen molar-refractivity contribution in [1.82, 2.24) is 9.88 Å². The summed E-state index contributed by atoms with van der Waals surface area (Å²) in [6, 6.07) is 10.8. The molecule has 0 aliphatic heterocycles. The summed E-state index contributed by atoms with van der Waals surface area (Å²) in [5.74, 6) is 0. The number of nitro groups is 1. The SMILES string of the molecule is CNCc1cccn1Cc1ccccc1[N+](=O)[O-]. The van der Waals surface area contributed by atoms with E-state index in [4.69, 9.17) is 0 Å². The zero-order chi connectivity index (χ0) is 13.0. The summed E-state index contributed by atoms with van der Waals surface area (Å²) >= 11 is 0. The summed E-state index contributed by atoms with van der Waals surface area (Å²) < 4.78 is 2.01. The lowest BCUT2D eigenvalue weighted by molar-refractivity contribution is -0.385. The fourth-order valence-corrected chi connectivity index (χ4v) is 1.95. The molecule has 0 amide bonds. The van der Waals surface area contributed by atoms with Crippen LogP contribution in [-0.2, 0) is 13.1 Å². The molecule has 0 spiro atoms. The van der Waals surface area contributed by atoms with Gasteiger partial charge in [-0.25, -0.2) is 0 Å². The molecule has 0 radical (unpaired) electrons. The van der Waals surface area contributed by atoms with Crippen molar-refractivity contribution in [1.29, 1.82) is 0 Å². The molecule has 2 aromatic rings. The van der Waals surface area contributed by atoms with Gasteiger partial charge >= 0.3 is 0 Å². The standard InChI is InChI=1S/C13H15N3O2/c1-14-9-12-6-4-8-15(12)10-11-5-2-3-7-13(11)16(17)18/h2-8,14H,9-10H2,1H3. The monoisotopic (exact) mass is 245 g/mol. The normalized spacial score (nSPS) is 10.5. The lowest BCUT2D eigenvalue weighted by Crippen LogP contribution is -2.12. The van der Waals surface area contributed by atoms with E-state index in [1.165, 1.54) is 6.07 Å². The molecule has 5 heteroatoms. The van der Waals surface area contributed by atoms with Crippen LogP contribution >= 0.6 is 0 Å². The number of benzene rings is 1. The van der Waals surface area contributed by atoms with Crippen molar-refractivity contribution in [3.05, 3.63) is 64.0 Å². The van der Waals surface area contributed by atoms with Gasteiger partial charge in [0.1, 0.15) is 0 Å². The minimum atomic E-state index is -0.337. The van der Waals surface area contributed by atoms with E-state index in [9.17, 15) is 10.1 Å². The van der Waals surface area contributed by atoms with Crippen LogP contribution in [0.1, 0.15) is 11.3 Å². The van der Waals surface area contributed by atoms with Crippen LogP contribution < -0.4 is 5.32 Å². The number of para-hydroxylation sites is 1. The van der Waals surface area contributed by atoms with Gasteiger partial charge in [-0.3, -0.25) is 10.1 Å². The van der Waals surface area contributed by atoms with Gasteiger partial charge in [0.25, 0.3) is 5.69 Å². The van der Waals surface area contributed by atoms with E-state index in [-0.39, 0.29) is 10.6 Å². The molecule has 1 aromatic carbocycles. The maximum absolute atomic E-state index is 10.9. The molecule has 1 aromatic heterocycles. The second kappa shape index (κ2) is 5.46. The van der Waals surface area contributed by atoms with Crippen LogP contribution in [0.2, 0.25) is 0 Å². The maximum Gasteiger partial charge on any atom is 0.274 e. The Morgan fingerprint density at radius 1 is 1.28 bits per heavy atom. The number of nitro benzene ring substituents is 1. The highest BCUT2D eigenvalue weighted by atomic mass is 16.6. The molecule has 0 atom stereocenters. The quantitative estimate of drug-likeness (QED) is 0.648. The van der Waals surface area contributed by atoms with Crippen molar-refractivity contribution < 1.29 is 4.92 Å².